The van der Waals surface area contributed by atoms with Crippen LogP contribution in [0.4, 0.5) is 28.4 Å². The Morgan fingerprint density at radius 2 is 0.930 bits per heavy atom. The number of morpholine rings is 2. The van der Waals surface area contributed by atoms with Crippen LogP contribution in [-0.2, 0) is 38.5 Å². The summed E-state index contributed by atoms with van der Waals surface area (Å²) in [6.07, 6.45) is 14.8. The van der Waals surface area contributed by atoms with Gasteiger partial charge in [0.1, 0.15) is 24.3 Å². The number of nitro groups is 3. The molecule has 0 unspecified atom stereocenters. The highest BCUT2D eigenvalue weighted by atomic mass is 16.6. The molecule has 5 aromatic heterocycles. The number of anilines is 2. The molecule has 9 heterocycles. The molecular weight excluding hydrogens is 921 g/mol. The fourth-order valence-electron chi connectivity index (χ4n) is 7.08. The number of nitrogen functional groups attached to an aromatic ring is 2. The van der Waals surface area contributed by atoms with Crippen molar-refractivity contribution in [1.29, 1.82) is 0 Å². The summed E-state index contributed by atoms with van der Waals surface area (Å²) in [6.45, 7) is 11.8. The summed E-state index contributed by atoms with van der Waals surface area (Å²) in [7, 11) is 0. The Labute approximate surface area is 410 Å². The van der Waals surface area contributed by atoms with E-state index in [2.05, 4.69) is 34.7 Å². The van der Waals surface area contributed by atoms with E-state index in [1.54, 1.807) is 24.5 Å². The van der Waals surface area contributed by atoms with Crippen LogP contribution in [-0.4, -0.2) is 135 Å². The van der Waals surface area contributed by atoms with Crippen LogP contribution in [0, 0.1) is 36.3 Å². The minimum Gasteiger partial charge on any atom is -0.397 e. The van der Waals surface area contributed by atoms with Gasteiger partial charge in [-0.05, 0) is 86.6 Å². The summed E-state index contributed by atoms with van der Waals surface area (Å²) in [5.41, 5.74) is 17.8. The number of rotatable bonds is 11. The van der Waals surface area contributed by atoms with Crippen LogP contribution >= 0.6 is 0 Å². The van der Waals surface area contributed by atoms with Crippen molar-refractivity contribution in [3.63, 3.8) is 0 Å². The fourth-order valence-corrected chi connectivity index (χ4v) is 7.08. The molecule has 4 aliphatic heterocycles. The molecule has 0 spiro atoms. The lowest BCUT2D eigenvalue weighted by Crippen LogP contribution is -2.35. The van der Waals surface area contributed by atoms with Gasteiger partial charge >= 0.3 is 0 Å². The number of aromatic nitrogens is 5. The second-order valence-electron chi connectivity index (χ2n) is 16.4. The van der Waals surface area contributed by atoms with Gasteiger partial charge in [-0.2, -0.15) is 0 Å². The Morgan fingerprint density at radius 3 is 1.34 bits per heavy atom. The predicted octanol–water partition coefficient (Wildman–Crippen LogP) is 5.94. The average molecular weight is 981 g/mol. The fraction of sp³-hybridized carbons (Fsp3) is 0.417. The number of aldehydes is 1. The maximum Gasteiger partial charge on any atom is 0.287 e. The normalized spacial score (nSPS) is 16.1. The molecule has 23 heteroatoms. The molecule has 0 atom stereocenters. The number of nitrogens with two attached hydrogens (primary N) is 2. The lowest BCUT2D eigenvalue weighted by atomic mass is 9.95. The summed E-state index contributed by atoms with van der Waals surface area (Å²) in [5, 5.41) is 31.0. The second kappa shape index (κ2) is 30.4. The van der Waals surface area contributed by atoms with Crippen LogP contribution in [0.2, 0.25) is 0 Å². The molecule has 0 bridgehead atoms. The molecular formula is C48H60N12O11. The summed E-state index contributed by atoms with van der Waals surface area (Å²) in [4.78, 5) is 64.3. The molecule has 9 rings (SSSR count). The van der Waals surface area contributed by atoms with Crippen molar-refractivity contribution in [2.75, 3.05) is 90.5 Å². The summed E-state index contributed by atoms with van der Waals surface area (Å²) in [5.74, 6) is 0.736. The van der Waals surface area contributed by atoms with Crippen molar-refractivity contribution in [3.05, 3.63) is 156 Å². The largest absolute Gasteiger partial charge is 0.397 e. The summed E-state index contributed by atoms with van der Waals surface area (Å²) < 4.78 is 21.1. The van der Waals surface area contributed by atoms with Gasteiger partial charge in [0.2, 0.25) is 0 Å². The van der Waals surface area contributed by atoms with E-state index < -0.39 is 14.8 Å². The number of nitrogens with zero attached hydrogens (tertiary/aromatic N) is 10. The van der Waals surface area contributed by atoms with Gasteiger partial charge in [0.15, 0.2) is 6.29 Å². The number of carbonyl (C=O) groups is 1. The third-order valence-corrected chi connectivity index (χ3v) is 11.1. The minimum absolute atomic E-state index is 0.0223. The Morgan fingerprint density at radius 1 is 0.521 bits per heavy atom. The minimum atomic E-state index is -0.568. The second-order valence-corrected chi connectivity index (χ2v) is 16.4. The number of hydrogen-bond donors (Lipinski definition) is 2. The average Bonchev–Trinajstić information content (AvgIpc) is 3.40. The number of hydrogen-bond acceptors (Lipinski definition) is 20. The molecule has 4 fully saturated rings. The molecule has 0 aromatic carbocycles. The van der Waals surface area contributed by atoms with E-state index in [1.807, 2.05) is 30.3 Å². The van der Waals surface area contributed by atoms with Crippen LogP contribution in [0.25, 0.3) is 6.08 Å². The first-order chi connectivity index (χ1) is 34.4. The van der Waals surface area contributed by atoms with Crippen LogP contribution < -0.4 is 11.5 Å². The zero-order valence-electron chi connectivity index (χ0n) is 39.4. The molecule has 378 valence electrons. The van der Waals surface area contributed by atoms with E-state index >= 15 is 0 Å². The van der Waals surface area contributed by atoms with Gasteiger partial charge in [0.05, 0.1) is 95.3 Å². The maximum absolute atomic E-state index is 10.4. The van der Waals surface area contributed by atoms with E-state index in [9.17, 15) is 35.1 Å². The maximum atomic E-state index is 10.4. The molecule has 0 radical (unpaired) electrons. The molecule has 0 amide bonds. The van der Waals surface area contributed by atoms with Crippen molar-refractivity contribution in [2.45, 2.75) is 45.2 Å². The van der Waals surface area contributed by atoms with E-state index in [0.717, 1.165) is 170 Å². The van der Waals surface area contributed by atoms with Gasteiger partial charge in [-0.3, -0.25) is 59.9 Å². The van der Waals surface area contributed by atoms with Crippen LogP contribution in [0.3, 0.4) is 0 Å². The van der Waals surface area contributed by atoms with Crippen molar-refractivity contribution >= 4 is 40.8 Å². The topological polar surface area (TPSA) is 306 Å². The Kier molecular flexibility index (Phi) is 23.4. The van der Waals surface area contributed by atoms with Crippen LogP contribution in [0.5, 0.6) is 0 Å². The molecule has 4 aliphatic rings. The monoisotopic (exact) mass is 980 g/mol. The molecule has 0 saturated carbocycles. The van der Waals surface area contributed by atoms with Crippen molar-refractivity contribution < 1.29 is 38.5 Å². The quantitative estimate of drug-likeness (QED) is 0.0879. The Hall–Kier alpha value is -7.28. The van der Waals surface area contributed by atoms with Gasteiger partial charge in [-0.25, -0.2) is 9.97 Å². The molecule has 5 aromatic rings. The highest BCUT2D eigenvalue weighted by Crippen LogP contribution is 2.20. The van der Waals surface area contributed by atoms with Gasteiger partial charge in [0, 0.05) is 76.4 Å². The van der Waals surface area contributed by atoms with Crippen molar-refractivity contribution in [1.82, 2.24) is 34.7 Å². The lowest BCUT2D eigenvalue weighted by Gasteiger charge is -2.26. The predicted molar refractivity (Wildman–Crippen MR) is 263 cm³/mol. The third kappa shape index (κ3) is 21.1. The van der Waals surface area contributed by atoms with E-state index in [0.29, 0.717) is 6.29 Å². The van der Waals surface area contributed by atoms with Crippen molar-refractivity contribution in [3.8, 4) is 0 Å². The molecule has 71 heavy (non-hydrogen) atoms. The summed E-state index contributed by atoms with van der Waals surface area (Å²) in [6, 6.07) is 16.7. The Balaban J connectivity index is 0.000000166. The van der Waals surface area contributed by atoms with Gasteiger partial charge < -0.3 is 30.4 Å². The zero-order chi connectivity index (χ0) is 50.6. The molecule has 4 saturated heterocycles. The van der Waals surface area contributed by atoms with Gasteiger partial charge in [-0.15, -0.1) is 0 Å². The SMILES string of the molecule is Nc1ccc(CC2CCOCC2)nc1.Nc1ccc(CN2CCOCC2)nc1.O=Cc1ccc([N+](=O)[O-])cn1.O=[N+]([O-])c1ccc(C=C2CCOCC2)nc1.O=[N+]([O-])c1ccc(CN2CCOCC2)nc1. The number of carbonyl (C=O) groups excluding carboxylic acids is 1. The van der Waals surface area contributed by atoms with E-state index in [4.69, 9.17) is 30.4 Å². The highest BCUT2D eigenvalue weighted by molar-refractivity contribution is 5.71. The first-order valence-corrected chi connectivity index (χ1v) is 23.1. The first-order valence-electron chi connectivity index (χ1n) is 23.1. The Bertz CT molecular complexity index is 2330. The molecule has 4 N–H and O–H groups in total. The molecule has 0 aliphatic carbocycles. The van der Waals surface area contributed by atoms with E-state index in [1.165, 1.54) is 42.2 Å². The zero-order valence-corrected chi connectivity index (χ0v) is 39.4. The standard InChI is InChI=1S/C11H12N2O3.C11H16N2O.C10H13N3O3.C10H15N3O.C6H4N2O3/c14-13(15)11-2-1-10(12-8-11)7-9-3-5-16-6-4-9;12-10-1-2-11(13-8-10)7-9-3-5-14-6-4-9;14-13(15)10-2-1-9(11-7-10)8-12-3-5-16-6-4-12;11-9-1-2-10(12-7-9)8-13-3-5-14-6-4-13;9-4-5-1-2-6(3-7-5)8(10)11/h1-2,7-8H,3-6H2;1-2,8-9H,3-7,12H2;1-2,7H,3-6,8H2;1-2,7H,3-6,8,11H2;1-4H. The number of ether oxygens (including phenoxy) is 4. The van der Waals surface area contributed by atoms with Gasteiger partial charge in [0.25, 0.3) is 17.1 Å². The van der Waals surface area contributed by atoms with Crippen LogP contribution in [0.1, 0.15) is 58.9 Å². The van der Waals surface area contributed by atoms with E-state index in [-0.39, 0.29) is 22.8 Å². The number of pyridine rings is 5. The van der Waals surface area contributed by atoms with Crippen molar-refractivity contribution in [2.24, 2.45) is 5.92 Å². The van der Waals surface area contributed by atoms with Gasteiger partial charge in [-0.1, -0.05) is 5.57 Å². The summed E-state index contributed by atoms with van der Waals surface area (Å²) >= 11 is 0. The smallest absolute Gasteiger partial charge is 0.287 e. The highest BCUT2D eigenvalue weighted by Gasteiger charge is 2.16. The van der Waals surface area contributed by atoms with Crippen LogP contribution in [0.15, 0.2) is 97.2 Å². The molecule has 23 nitrogen and oxygen atoms in total. The lowest BCUT2D eigenvalue weighted by molar-refractivity contribution is -0.385. The third-order valence-electron chi connectivity index (χ3n) is 11.1. The first kappa shape index (κ1) is 54.7.